The van der Waals surface area contributed by atoms with Gasteiger partial charge >= 0.3 is 5.69 Å². The molecule has 0 fully saturated rings. The van der Waals surface area contributed by atoms with E-state index in [1.165, 1.54) is 0 Å². The number of benzene rings is 3. The molecule has 4 rings (SSSR count). The van der Waals surface area contributed by atoms with Gasteiger partial charge in [0.15, 0.2) is 0 Å². The van der Waals surface area contributed by atoms with E-state index in [-0.39, 0.29) is 18.1 Å². The highest BCUT2D eigenvalue weighted by Crippen LogP contribution is 2.23. The number of hydrogen-bond acceptors (Lipinski definition) is 3. The highest BCUT2D eigenvalue weighted by Gasteiger charge is 2.06. The van der Waals surface area contributed by atoms with Crippen LogP contribution in [0.3, 0.4) is 0 Å². The predicted molar refractivity (Wildman–Crippen MR) is 108 cm³/mol. The minimum absolute atomic E-state index is 0. The van der Waals surface area contributed by atoms with Crippen molar-refractivity contribution < 1.29 is 17.1 Å². The summed E-state index contributed by atoms with van der Waals surface area (Å²) in [7, 11) is 0. The van der Waals surface area contributed by atoms with Crippen LogP contribution in [0.1, 0.15) is 11.1 Å². The van der Waals surface area contributed by atoms with Gasteiger partial charge in [-0.15, -0.1) is 0 Å². The first-order chi connectivity index (χ1) is 13.2. The lowest BCUT2D eigenvalue weighted by atomic mass is 10.2. The summed E-state index contributed by atoms with van der Waals surface area (Å²) in [5, 5.41) is 4.07. The molecule has 4 aromatic rings. The fraction of sp³-hybridized carbons (Fsp3) is 0.0952. The van der Waals surface area contributed by atoms with E-state index in [1.54, 1.807) is 0 Å². The maximum absolute atomic E-state index is 11.4. The predicted octanol–water partition coefficient (Wildman–Crippen LogP) is 1.70. The van der Waals surface area contributed by atoms with Crippen LogP contribution in [0.5, 0.6) is 5.75 Å². The number of para-hydroxylation sites is 1. The third-order valence-corrected chi connectivity index (χ3v) is 4.68. The number of anilines is 1. The SMILES string of the molecule is O=c1[nH]c2ccc(NCc3ccccc3OCc3ccccc3Cl)cc2[nH]1.[Cl-]. The van der Waals surface area contributed by atoms with E-state index in [9.17, 15) is 4.79 Å². The smallest absolute Gasteiger partial charge is 0.323 e. The van der Waals surface area contributed by atoms with Crippen LogP contribution in [0.4, 0.5) is 5.69 Å². The maximum atomic E-state index is 11.4. The molecule has 1 heterocycles. The minimum atomic E-state index is -0.208. The molecule has 0 saturated heterocycles. The topological polar surface area (TPSA) is 69.9 Å². The molecule has 5 nitrogen and oxygen atoms in total. The average molecular weight is 415 g/mol. The molecule has 3 N–H and O–H groups in total. The molecule has 1 aromatic heterocycles. The van der Waals surface area contributed by atoms with E-state index in [0.717, 1.165) is 33.6 Å². The summed E-state index contributed by atoms with van der Waals surface area (Å²) in [5.74, 6) is 0.807. The lowest BCUT2D eigenvalue weighted by Crippen LogP contribution is -3.00. The van der Waals surface area contributed by atoms with Crippen molar-refractivity contribution in [2.45, 2.75) is 13.2 Å². The lowest BCUT2D eigenvalue weighted by molar-refractivity contribution is -0.00000577. The first-order valence-electron chi connectivity index (χ1n) is 8.59. The van der Waals surface area contributed by atoms with Crippen LogP contribution >= 0.6 is 11.6 Å². The van der Waals surface area contributed by atoms with Crippen LogP contribution in [0.15, 0.2) is 71.5 Å². The van der Waals surface area contributed by atoms with Gasteiger partial charge in [0.1, 0.15) is 12.4 Å². The summed E-state index contributed by atoms with van der Waals surface area (Å²) >= 11 is 6.20. The molecule has 7 heteroatoms. The quantitative estimate of drug-likeness (QED) is 0.449. The molecule has 0 aliphatic heterocycles. The monoisotopic (exact) mass is 414 g/mol. The zero-order chi connectivity index (χ0) is 18.6. The standard InChI is InChI=1S/C21H18ClN3O2.ClH/c22-17-7-3-1-6-15(17)13-27-20-8-4-2-5-14(20)12-23-16-9-10-18-19(11-16)25-21(26)24-18;/h1-11,23H,12-13H2,(H2,24,25,26);1H/p-1. The number of hydrogen-bond donors (Lipinski definition) is 3. The Hall–Kier alpha value is -2.89. The fourth-order valence-corrected chi connectivity index (χ4v) is 3.09. The average Bonchev–Trinajstić information content (AvgIpc) is 3.05. The van der Waals surface area contributed by atoms with Crippen molar-refractivity contribution >= 4 is 28.3 Å². The van der Waals surface area contributed by atoms with E-state index < -0.39 is 0 Å². The normalized spacial score (nSPS) is 10.5. The second-order valence-electron chi connectivity index (χ2n) is 6.18. The number of aromatic nitrogens is 2. The summed E-state index contributed by atoms with van der Waals surface area (Å²) in [6, 6.07) is 21.2. The van der Waals surface area contributed by atoms with E-state index in [1.807, 2.05) is 66.7 Å². The van der Waals surface area contributed by atoms with Gasteiger partial charge in [-0.3, -0.25) is 0 Å². The molecule has 0 saturated carbocycles. The summed E-state index contributed by atoms with van der Waals surface area (Å²) < 4.78 is 5.99. The van der Waals surface area contributed by atoms with Crippen molar-refractivity contribution in [1.29, 1.82) is 0 Å². The molecule has 0 spiro atoms. The number of nitrogens with one attached hydrogen (secondary N) is 3. The van der Waals surface area contributed by atoms with Crippen molar-refractivity contribution in [3.8, 4) is 5.75 Å². The van der Waals surface area contributed by atoms with E-state index in [0.29, 0.717) is 18.2 Å². The largest absolute Gasteiger partial charge is 1.00 e. The molecule has 0 radical (unpaired) electrons. The molecule has 28 heavy (non-hydrogen) atoms. The van der Waals surface area contributed by atoms with Crippen LogP contribution in [-0.2, 0) is 13.2 Å². The molecule has 0 atom stereocenters. The van der Waals surface area contributed by atoms with Crippen molar-refractivity contribution in [3.63, 3.8) is 0 Å². The third kappa shape index (κ3) is 4.50. The fourth-order valence-electron chi connectivity index (χ4n) is 2.90. The molecule has 3 aromatic carbocycles. The number of imidazole rings is 1. The van der Waals surface area contributed by atoms with Crippen LogP contribution in [0.25, 0.3) is 11.0 Å². The Balaban J connectivity index is 0.00000225. The van der Waals surface area contributed by atoms with Gasteiger partial charge in [0, 0.05) is 28.4 Å². The zero-order valence-electron chi connectivity index (χ0n) is 14.8. The van der Waals surface area contributed by atoms with Crippen molar-refractivity contribution in [2.75, 3.05) is 5.32 Å². The highest BCUT2D eigenvalue weighted by atomic mass is 35.5. The van der Waals surface area contributed by atoms with Crippen molar-refractivity contribution in [2.24, 2.45) is 0 Å². The molecule has 0 aliphatic rings. The Morgan fingerprint density at radius 2 is 1.61 bits per heavy atom. The van der Waals surface area contributed by atoms with E-state index >= 15 is 0 Å². The van der Waals surface area contributed by atoms with Gasteiger partial charge in [-0.25, -0.2) is 4.79 Å². The first kappa shape index (κ1) is 19.9. The maximum Gasteiger partial charge on any atom is 0.323 e. The van der Waals surface area contributed by atoms with Gasteiger partial charge in [0.05, 0.1) is 11.0 Å². The summed E-state index contributed by atoms with van der Waals surface area (Å²) in [4.78, 5) is 16.9. The number of H-pyrrole nitrogens is 2. The second-order valence-corrected chi connectivity index (χ2v) is 6.59. The highest BCUT2D eigenvalue weighted by molar-refractivity contribution is 6.31. The van der Waals surface area contributed by atoms with Crippen LogP contribution in [0.2, 0.25) is 5.02 Å². The van der Waals surface area contributed by atoms with Gasteiger partial charge < -0.3 is 32.4 Å². The number of ether oxygens (including phenoxy) is 1. The molecule has 0 bridgehead atoms. The lowest BCUT2D eigenvalue weighted by Gasteiger charge is -2.13. The number of halogens is 2. The van der Waals surface area contributed by atoms with E-state index in [2.05, 4.69) is 15.3 Å². The first-order valence-corrected chi connectivity index (χ1v) is 8.97. The molecule has 0 unspecified atom stereocenters. The van der Waals surface area contributed by atoms with Crippen molar-refractivity contribution in [3.05, 3.63) is 93.4 Å². The zero-order valence-corrected chi connectivity index (χ0v) is 16.3. The Kier molecular flexibility index (Phi) is 6.29. The summed E-state index contributed by atoms with van der Waals surface area (Å²) in [6.45, 7) is 1.01. The molecule has 0 amide bonds. The Labute approximate surface area is 173 Å². The molecule has 0 aliphatic carbocycles. The van der Waals surface area contributed by atoms with Gasteiger partial charge in [-0.1, -0.05) is 48.0 Å². The van der Waals surface area contributed by atoms with Crippen LogP contribution in [0, 0.1) is 0 Å². The summed E-state index contributed by atoms with van der Waals surface area (Å²) in [6.07, 6.45) is 0. The van der Waals surface area contributed by atoms with Gasteiger partial charge in [0.2, 0.25) is 0 Å². The van der Waals surface area contributed by atoms with Crippen molar-refractivity contribution in [1.82, 2.24) is 9.97 Å². The number of aromatic amines is 2. The summed E-state index contributed by atoms with van der Waals surface area (Å²) in [5.41, 5.74) is 4.25. The van der Waals surface area contributed by atoms with Gasteiger partial charge in [-0.05, 0) is 30.3 Å². The minimum Gasteiger partial charge on any atom is -1.00 e. The Morgan fingerprint density at radius 3 is 2.43 bits per heavy atom. The Morgan fingerprint density at radius 1 is 0.893 bits per heavy atom. The van der Waals surface area contributed by atoms with Crippen LogP contribution < -0.4 is 28.2 Å². The molecular formula is C21H18Cl2N3O2-. The van der Waals surface area contributed by atoms with E-state index in [4.69, 9.17) is 16.3 Å². The van der Waals surface area contributed by atoms with Crippen LogP contribution in [-0.4, -0.2) is 9.97 Å². The molecular weight excluding hydrogens is 397 g/mol. The second kappa shape index (κ2) is 8.87. The van der Waals surface area contributed by atoms with Gasteiger partial charge in [0.25, 0.3) is 0 Å². The third-order valence-electron chi connectivity index (χ3n) is 4.31. The Bertz CT molecular complexity index is 1140. The van der Waals surface area contributed by atoms with Gasteiger partial charge in [-0.2, -0.15) is 0 Å². The number of rotatable bonds is 6. The number of fused-ring (bicyclic) bond motifs is 1. The molecule has 144 valence electrons.